The summed E-state index contributed by atoms with van der Waals surface area (Å²) in [6, 6.07) is 13.5. The van der Waals surface area contributed by atoms with Crippen LogP contribution in [0.4, 0.5) is 15.8 Å². The molecule has 218 valence electrons. The van der Waals surface area contributed by atoms with E-state index in [2.05, 4.69) is 34.6 Å². The smallest absolute Gasteiger partial charge is 0.255 e. The number of benzene rings is 2. The molecule has 8 nitrogen and oxygen atoms in total. The predicted octanol–water partition coefficient (Wildman–Crippen LogP) is 6.87. The highest BCUT2D eigenvalue weighted by atomic mass is 35.5. The highest BCUT2D eigenvalue weighted by Gasteiger charge is 2.26. The number of anilines is 2. The zero-order chi connectivity index (χ0) is 30.0. The Bertz CT molecular complexity index is 1640. The first-order valence-electron chi connectivity index (χ1n) is 14.1. The van der Waals surface area contributed by atoms with Crippen molar-refractivity contribution in [1.82, 2.24) is 20.1 Å². The lowest BCUT2D eigenvalue weighted by atomic mass is 9.89. The maximum atomic E-state index is 14.7. The fourth-order valence-electron chi connectivity index (χ4n) is 5.52. The number of carbonyl (C=O) groups is 2. The molecule has 5 rings (SSSR count). The van der Waals surface area contributed by atoms with E-state index >= 15 is 0 Å². The number of nitrogens with zero attached hydrogens (tertiary/aromatic N) is 3. The summed E-state index contributed by atoms with van der Waals surface area (Å²) in [7, 11) is 0. The average Bonchev–Trinajstić information content (AvgIpc) is 3.33. The lowest BCUT2D eigenvalue weighted by Gasteiger charge is -2.24. The van der Waals surface area contributed by atoms with Gasteiger partial charge in [0.15, 0.2) is 5.82 Å². The first-order valence-corrected chi connectivity index (χ1v) is 14.5. The third-order valence-electron chi connectivity index (χ3n) is 7.66. The summed E-state index contributed by atoms with van der Waals surface area (Å²) >= 11 is 5.98. The number of halogens is 2. The normalized spacial score (nSPS) is 17.1. The van der Waals surface area contributed by atoms with Crippen LogP contribution in [-0.4, -0.2) is 26.6 Å². The highest BCUT2D eigenvalue weighted by Crippen LogP contribution is 2.34. The van der Waals surface area contributed by atoms with Gasteiger partial charge in [-0.2, -0.15) is 5.10 Å². The van der Waals surface area contributed by atoms with Gasteiger partial charge in [-0.15, -0.1) is 0 Å². The Kier molecular flexibility index (Phi) is 8.59. The van der Waals surface area contributed by atoms with Crippen LogP contribution in [0.25, 0.3) is 16.9 Å². The van der Waals surface area contributed by atoms with Crippen LogP contribution in [0.1, 0.15) is 67.2 Å². The second-order valence-electron chi connectivity index (χ2n) is 11.2. The van der Waals surface area contributed by atoms with E-state index < -0.39 is 5.82 Å². The number of fused-ring (bicyclic) bond motifs is 4. The van der Waals surface area contributed by atoms with Crippen LogP contribution in [0.15, 0.2) is 60.9 Å². The molecule has 3 heterocycles. The molecule has 2 amide bonds. The first-order chi connectivity index (χ1) is 20.1. The van der Waals surface area contributed by atoms with Crippen LogP contribution in [0, 0.1) is 24.6 Å². The van der Waals surface area contributed by atoms with Gasteiger partial charge in [-0.05, 0) is 80.1 Å². The summed E-state index contributed by atoms with van der Waals surface area (Å²) in [5.74, 6) is -0.856. The lowest BCUT2D eigenvalue weighted by Crippen LogP contribution is -2.30. The molecule has 0 fully saturated rings. The van der Waals surface area contributed by atoms with Crippen LogP contribution >= 0.6 is 11.6 Å². The fraction of sp³-hybridized carbons (Fsp3) is 0.312. The van der Waals surface area contributed by atoms with Gasteiger partial charge in [0, 0.05) is 23.4 Å². The summed E-state index contributed by atoms with van der Waals surface area (Å²) in [6.07, 6.45) is 5.86. The number of hydrogen-bond acceptors (Lipinski definition) is 5. The molecule has 1 aliphatic rings. The van der Waals surface area contributed by atoms with E-state index in [0.717, 1.165) is 17.5 Å². The Morgan fingerprint density at radius 3 is 2.81 bits per heavy atom. The minimum Gasteiger partial charge on any atom is -0.399 e. The van der Waals surface area contributed by atoms with E-state index in [-0.39, 0.29) is 34.5 Å². The number of pyridine rings is 1. The van der Waals surface area contributed by atoms with Gasteiger partial charge in [0.2, 0.25) is 5.91 Å². The number of nitrogens with one attached hydrogen (secondary N) is 2. The van der Waals surface area contributed by atoms with Gasteiger partial charge in [-0.25, -0.2) is 9.07 Å². The van der Waals surface area contributed by atoms with Gasteiger partial charge in [0.25, 0.3) is 5.91 Å². The molecule has 2 aromatic carbocycles. The Balaban J connectivity index is 1.49. The standard InChI is InChI=1S/C32H34ClFN6O2/c1-18(2)14-21-6-4-8-26(20-12-13-36-27(15-20)23-11-10-22(35)16-28(23)39-31(21)41)38-32(42)24-17-37-40(19(24)3)29-9-5-7-25(33)30(29)34/h5,7,9-13,15-18,21,26H,4,6,8,14,35H2,1-3H3,(H,38,42)(H,39,41). The number of aromatic nitrogens is 3. The van der Waals surface area contributed by atoms with Crippen molar-refractivity contribution in [3.8, 4) is 16.9 Å². The van der Waals surface area contributed by atoms with E-state index in [1.165, 1.54) is 16.9 Å². The molecule has 2 aromatic heterocycles. The minimum absolute atomic E-state index is 0.0242. The van der Waals surface area contributed by atoms with Crippen LogP contribution in [0.5, 0.6) is 0 Å². The van der Waals surface area contributed by atoms with Gasteiger partial charge in [-0.1, -0.05) is 37.9 Å². The molecule has 2 atom stereocenters. The molecule has 2 bridgehead atoms. The van der Waals surface area contributed by atoms with Gasteiger partial charge < -0.3 is 16.4 Å². The highest BCUT2D eigenvalue weighted by molar-refractivity contribution is 6.30. The number of amides is 2. The average molecular weight is 589 g/mol. The van der Waals surface area contributed by atoms with E-state index in [1.54, 1.807) is 37.4 Å². The summed E-state index contributed by atoms with van der Waals surface area (Å²) in [4.78, 5) is 31.6. The van der Waals surface area contributed by atoms with Crippen LogP contribution in [-0.2, 0) is 4.79 Å². The molecule has 10 heteroatoms. The second-order valence-corrected chi connectivity index (χ2v) is 11.6. The van der Waals surface area contributed by atoms with Crippen molar-refractivity contribution in [2.45, 2.75) is 52.5 Å². The molecule has 1 aliphatic heterocycles. The quantitative estimate of drug-likeness (QED) is 0.220. The lowest BCUT2D eigenvalue weighted by molar-refractivity contribution is -0.120. The van der Waals surface area contributed by atoms with Crippen LogP contribution in [0.3, 0.4) is 0 Å². The zero-order valence-electron chi connectivity index (χ0n) is 23.8. The van der Waals surface area contributed by atoms with E-state index in [0.29, 0.717) is 53.5 Å². The van der Waals surface area contributed by atoms with Crippen molar-refractivity contribution in [3.05, 3.63) is 88.6 Å². The number of rotatable bonds is 5. The second kappa shape index (κ2) is 12.3. The zero-order valence-corrected chi connectivity index (χ0v) is 24.6. The van der Waals surface area contributed by atoms with E-state index in [4.69, 9.17) is 17.3 Å². The molecule has 0 saturated heterocycles. The van der Waals surface area contributed by atoms with Gasteiger partial charge in [-0.3, -0.25) is 14.6 Å². The van der Waals surface area contributed by atoms with Crippen molar-refractivity contribution in [2.75, 3.05) is 11.1 Å². The van der Waals surface area contributed by atoms with E-state index in [9.17, 15) is 14.0 Å². The third kappa shape index (κ3) is 6.16. The Hall–Kier alpha value is -4.24. The molecular formula is C32H34ClFN6O2. The minimum atomic E-state index is -0.608. The van der Waals surface area contributed by atoms with Crippen LogP contribution < -0.4 is 16.4 Å². The number of nitrogens with two attached hydrogens (primary N) is 1. The number of nitrogen functional groups attached to an aromatic ring is 1. The van der Waals surface area contributed by atoms with Gasteiger partial charge >= 0.3 is 0 Å². The van der Waals surface area contributed by atoms with Crippen molar-refractivity contribution in [2.24, 2.45) is 11.8 Å². The van der Waals surface area contributed by atoms with Crippen molar-refractivity contribution in [3.63, 3.8) is 0 Å². The predicted molar refractivity (Wildman–Crippen MR) is 163 cm³/mol. The van der Waals surface area contributed by atoms with Crippen LogP contribution in [0.2, 0.25) is 5.02 Å². The molecular weight excluding hydrogens is 555 g/mol. The molecule has 4 N–H and O–H groups in total. The SMILES string of the molecule is Cc1c(C(=O)NC2CCCC(CC(C)C)C(=O)Nc3cc(N)ccc3-c3cc2ccn3)cnn1-c1cccc(Cl)c1F. The van der Waals surface area contributed by atoms with Gasteiger partial charge in [0.05, 0.1) is 39.9 Å². The van der Waals surface area contributed by atoms with E-state index in [1.807, 2.05) is 18.2 Å². The molecule has 0 spiro atoms. The Morgan fingerprint density at radius 2 is 2.02 bits per heavy atom. The molecule has 4 aromatic rings. The largest absolute Gasteiger partial charge is 0.399 e. The van der Waals surface area contributed by atoms with Crippen molar-refractivity contribution < 1.29 is 14.0 Å². The maximum absolute atomic E-state index is 14.7. The third-order valence-corrected chi connectivity index (χ3v) is 7.95. The van der Waals surface area contributed by atoms with Gasteiger partial charge in [0.1, 0.15) is 5.69 Å². The fourth-order valence-corrected chi connectivity index (χ4v) is 5.69. The number of hydrogen-bond donors (Lipinski definition) is 3. The Morgan fingerprint density at radius 1 is 1.21 bits per heavy atom. The molecule has 0 aliphatic carbocycles. The van der Waals surface area contributed by atoms with Crippen molar-refractivity contribution in [1.29, 1.82) is 0 Å². The molecule has 42 heavy (non-hydrogen) atoms. The molecule has 0 radical (unpaired) electrons. The monoisotopic (exact) mass is 588 g/mol. The Labute approximate surface area is 249 Å². The summed E-state index contributed by atoms with van der Waals surface area (Å²) in [5.41, 5.74) is 10.5. The first kappa shape index (κ1) is 29.3. The molecule has 0 saturated carbocycles. The maximum Gasteiger partial charge on any atom is 0.255 e. The topological polar surface area (TPSA) is 115 Å². The molecule has 2 unspecified atom stereocenters. The summed E-state index contributed by atoms with van der Waals surface area (Å²) in [6.45, 7) is 5.92. The van der Waals surface area contributed by atoms with Crippen molar-refractivity contribution >= 4 is 34.8 Å². The summed E-state index contributed by atoms with van der Waals surface area (Å²) in [5, 5.41) is 10.5. The summed E-state index contributed by atoms with van der Waals surface area (Å²) < 4.78 is 16.1. The number of carbonyl (C=O) groups excluding carboxylic acids is 2.